The van der Waals surface area contributed by atoms with Crippen molar-refractivity contribution in [3.63, 3.8) is 0 Å². The number of rotatable bonds is 10. The number of aliphatic hydroxyl groups is 1. The van der Waals surface area contributed by atoms with Crippen molar-refractivity contribution in [1.29, 1.82) is 0 Å². The van der Waals surface area contributed by atoms with Gasteiger partial charge in [0.15, 0.2) is 4.46 Å². The van der Waals surface area contributed by atoms with Gasteiger partial charge in [0.25, 0.3) is 10.1 Å². The van der Waals surface area contributed by atoms with Crippen LogP contribution in [0.5, 0.6) is 0 Å². The topological polar surface area (TPSA) is 196 Å². The minimum atomic E-state index is -4.02. The predicted octanol–water partition coefficient (Wildman–Crippen LogP) is 0.555. The molecule has 2 amide bonds. The van der Waals surface area contributed by atoms with Crippen LogP contribution in [0.4, 0.5) is 0 Å². The van der Waals surface area contributed by atoms with Crippen LogP contribution >= 0.6 is 23.2 Å². The third-order valence-electron chi connectivity index (χ3n) is 3.74. The molecule has 0 spiro atoms. The standard InChI is InChI=1S/C11H19Cl2N3O5.C7H8O3S/c1-2-3-11(12,13)16-10(21)7(5-17)15-9(20)6(14)4-8(18)19;1-6-2-4-7(5-3-6)11(8,9)10/h6-7,17H,2-5,14H2,1H3,(H,15,20)(H,16,21)(H,18,19);2-5H,1H3,(H,8,9,10)/t6-,7+;/m0./s1. The summed E-state index contributed by atoms with van der Waals surface area (Å²) in [6.45, 7) is 2.93. The third kappa shape index (κ3) is 12.2. The number of aryl methyl sites for hydroxylation is 1. The largest absolute Gasteiger partial charge is 0.481 e. The molecule has 2 atom stereocenters. The van der Waals surface area contributed by atoms with Crippen molar-refractivity contribution in [2.75, 3.05) is 6.61 Å². The molecule has 0 radical (unpaired) electrons. The van der Waals surface area contributed by atoms with E-state index in [0.29, 0.717) is 6.42 Å². The number of nitrogens with one attached hydrogen (secondary N) is 2. The Balaban J connectivity index is 0.000000726. The highest BCUT2D eigenvalue weighted by Gasteiger charge is 2.30. The molecule has 182 valence electrons. The van der Waals surface area contributed by atoms with Gasteiger partial charge in [0.05, 0.1) is 24.0 Å². The summed E-state index contributed by atoms with van der Waals surface area (Å²) in [5, 5.41) is 22.0. The van der Waals surface area contributed by atoms with E-state index in [1.165, 1.54) is 12.1 Å². The molecular weight excluding hydrogens is 489 g/mol. The predicted molar refractivity (Wildman–Crippen MR) is 118 cm³/mol. The van der Waals surface area contributed by atoms with Gasteiger partial charge in [-0.2, -0.15) is 8.42 Å². The number of carboxylic acids is 1. The van der Waals surface area contributed by atoms with Gasteiger partial charge in [-0.25, -0.2) is 0 Å². The van der Waals surface area contributed by atoms with Gasteiger partial charge in [-0.3, -0.25) is 18.9 Å². The highest BCUT2D eigenvalue weighted by molar-refractivity contribution is 7.85. The molecule has 0 aromatic heterocycles. The van der Waals surface area contributed by atoms with Crippen molar-refractivity contribution in [2.24, 2.45) is 5.73 Å². The highest BCUT2D eigenvalue weighted by Crippen LogP contribution is 2.23. The zero-order valence-corrected chi connectivity index (χ0v) is 19.7. The fourth-order valence-corrected chi connectivity index (χ4v) is 3.15. The summed E-state index contributed by atoms with van der Waals surface area (Å²) in [7, 11) is -4.02. The summed E-state index contributed by atoms with van der Waals surface area (Å²) in [5.74, 6) is -2.94. The van der Waals surface area contributed by atoms with Crippen molar-refractivity contribution in [2.45, 2.75) is 54.5 Å². The molecular formula is C18H27Cl2N3O8S. The van der Waals surface area contributed by atoms with Crippen LogP contribution in [0.15, 0.2) is 29.2 Å². The van der Waals surface area contributed by atoms with E-state index in [1.807, 2.05) is 13.8 Å². The van der Waals surface area contributed by atoms with Gasteiger partial charge in [-0.15, -0.1) is 0 Å². The molecule has 0 heterocycles. The lowest BCUT2D eigenvalue weighted by Crippen LogP contribution is -2.56. The van der Waals surface area contributed by atoms with Gasteiger partial charge >= 0.3 is 5.97 Å². The lowest BCUT2D eigenvalue weighted by atomic mass is 10.2. The van der Waals surface area contributed by atoms with E-state index in [2.05, 4.69) is 10.6 Å². The smallest absolute Gasteiger partial charge is 0.305 e. The number of nitrogens with two attached hydrogens (primary N) is 1. The maximum Gasteiger partial charge on any atom is 0.305 e. The lowest BCUT2D eigenvalue weighted by molar-refractivity contribution is -0.139. The molecule has 14 heteroatoms. The number of carboxylic acid groups (broad SMARTS) is 1. The van der Waals surface area contributed by atoms with Gasteiger partial charge in [-0.1, -0.05) is 54.2 Å². The summed E-state index contributed by atoms with van der Waals surface area (Å²) in [4.78, 5) is 33.8. The molecule has 0 saturated heterocycles. The minimum absolute atomic E-state index is 0.0666. The number of aliphatic hydroxyl groups excluding tert-OH is 1. The normalized spacial score (nSPS) is 13.2. The Labute approximate surface area is 196 Å². The fraction of sp³-hybridized carbons (Fsp3) is 0.500. The van der Waals surface area contributed by atoms with E-state index < -0.39 is 57.5 Å². The Morgan fingerprint density at radius 1 is 1.16 bits per heavy atom. The van der Waals surface area contributed by atoms with E-state index in [4.69, 9.17) is 43.7 Å². The summed E-state index contributed by atoms with van der Waals surface area (Å²) in [6, 6.07) is 3.32. The Morgan fingerprint density at radius 2 is 1.69 bits per heavy atom. The maximum atomic E-state index is 11.8. The van der Waals surface area contributed by atoms with E-state index in [9.17, 15) is 22.8 Å². The van der Waals surface area contributed by atoms with Crippen LogP contribution in [0.2, 0.25) is 0 Å². The maximum absolute atomic E-state index is 11.8. The number of amides is 2. The molecule has 0 unspecified atom stereocenters. The van der Waals surface area contributed by atoms with E-state index >= 15 is 0 Å². The molecule has 32 heavy (non-hydrogen) atoms. The Hall–Kier alpha value is -1.96. The number of alkyl halides is 2. The van der Waals surface area contributed by atoms with Crippen LogP contribution in [0.1, 0.15) is 31.7 Å². The number of hydrogen-bond acceptors (Lipinski definition) is 7. The Kier molecular flexibility index (Phi) is 12.7. The minimum Gasteiger partial charge on any atom is -0.481 e. The van der Waals surface area contributed by atoms with Gasteiger partial charge in [0.2, 0.25) is 11.8 Å². The average Bonchev–Trinajstić information content (AvgIpc) is 2.64. The zero-order chi connectivity index (χ0) is 25.1. The summed E-state index contributed by atoms with van der Waals surface area (Å²) < 4.78 is 28.0. The third-order valence-corrected chi connectivity index (χ3v) is 5.17. The molecule has 1 rings (SSSR count). The molecule has 0 bridgehead atoms. The first kappa shape index (κ1) is 30.0. The molecule has 11 nitrogen and oxygen atoms in total. The number of aliphatic carboxylic acids is 1. The molecule has 7 N–H and O–H groups in total. The summed E-state index contributed by atoms with van der Waals surface area (Å²) in [5.41, 5.74) is 6.29. The van der Waals surface area contributed by atoms with Crippen molar-refractivity contribution in [1.82, 2.24) is 10.6 Å². The first-order chi connectivity index (χ1) is 14.6. The number of halogens is 2. The van der Waals surface area contributed by atoms with Crippen LogP contribution in [-0.2, 0) is 24.5 Å². The van der Waals surface area contributed by atoms with E-state index in [0.717, 1.165) is 5.56 Å². The van der Waals surface area contributed by atoms with Crippen LogP contribution in [0.3, 0.4) is 0 Å². The fourth-order valence-electron chi connectivity index (χ4n) is 2.11. The van der Waals surface area contributed by atoms with Crippen molar-refractivity contribution in [3.05, 3.63) is 29.8 Å². The lowest BCUT2D eigenvalue weighted by Gasteiger charge is -2.24. The Morgan fingerprint density at radius 3 is 2.09 bits per heavy atom. The van der Waals surface area contributed by atoms with Gasteiger partial charge in [0, 0.05) is 0 Å². The molecule has 0 fully saturated rings. The molecule has 0 aliphatic rings. The first-order valence-electron chi connectivity index (χ1n) is 9.25. The summed E-state index contributed by atoms with van der Waals surface area (Å²) in [6.07, 6.45) is 0.274. The molecule has 1 aromatic rings. The zero-order valence-electron chi connectivity index (χ0n) is 17.4. The average molecular weight is 516 g/mol. The molecule has 0 saturated carbocycles. The second-order valence-corrected chi connectivity index (χ2v) is 9.59. The second kappa shape index (κ2) is 13.6. The second-order valence-electron chi connectivity index (χ2n) is 6.68. The van der Waals surface area contributed by atoms with Gasteiger partial charge in [0.1, 0.15) is 6.04 Å². The van der Waals surface area contributed by atoms with Gasteiger partial charge < -0.3 is 26.6 Å². The van der Waals surface area contributed by atoms with Crippen LogP contribution in [0, 0.1) is 6.92 Å². The van der Waals surface area contributed by atoms with E-state index in [-0.39, 0.29) is 11.3 Å². The quantitative estimate of drug-likeness (QED) is 0.146. The highest BCUT2D eigenvalue weighted by atomic mass is 35.5. The summed E-state index contributed by atoms with van der Waals surface area (Å²) >= 11 is 11.7. The van der Waals surface area contributed by atoms with E-state index in [1.54, 1.807) is 12.1 Å². The van der Waals surface area contributed by atoms with Crippen LogP contribution < -0.4 is 16.4 Å². The van der Waals surface area contributed by atoms with Crippen LogP contribution in [0.25, 0.3) is 0 Å². The number of hydrogen-bond donors (Lipinski definition) is 6. The molecule has 1 aromatic carbocycles. The Bertz CT molecular complexity index is 879. The number of carbonyl (C=O) groups is 3. The van der Waals surface area contributed by atoms with Crippen molar-refractivity contribution < 1.29 is 37.6 Å². The van der Waals surface area contributed by atoms with Gasteiger partial charge in [-0.05, 0) is 25.5 Å². The van der Waals surface area contributed by atoms with Crippen molar-refractivity contribution in [3.8, 4) is 0 Å². The number of benzene rings is 1. The first-order valence-corrected chi connectivity index (χ1v) is 11.4. The SMILES string of the molecule is CCCC(Cl)(Cl)NC(=O)[C@@H](CO)NC(=O)[C@@H](N)CC(=O)O.Cc1ccc(S(=O)(=O)O)cc1. The molecule has 0 aliphatic heterocycles. The monoisotopic (exact) mass is 515 g/mol. The number of carbonyl (C=O) groups excluding carboxylic acids is 2. The van der Waals surface area contributed by atoms with Crippen molar-refractivity contribution >= 4 is 51.1 Å². The van der Waals surface area contributed by atoms with Crippen LogP contribution in [-0.4, -0.2) is 64.1 Å². The molecule has 0 aliphatic carbocycles.